The lowest BCUT2D eigenvalue weighted by atomic mass is 9.95. The van der Waals surface area contributed by atoms with Crippen LogP contribution in [-0.2, 0) is 11.3 Å². The van der Waals surface area contributed by atoms with Gasteiger partial charge >= 0.3 is 0 Å². The maximum absolute atomic E-state index is 12.7. The fourth-order valence-electron chi connectivity index (χ4n) is 3.53. The van der Waals surface area contributed by atoms with Crippen LogP contribution in [0.3, 0.4) is 0 Å². The number of primary amides is 1. The molecule has 0 spiro atoms. The first-order valence-electron chi connectivity index (χ1n) is 8.62. The van der Waals surface area contributed by atoms with Crippen LogP contribution in [0.2, 0.25) is 0 Å². The van der Waals surface area contributed by atoms with Crippen LogP contribution in [0.4, 0.5) is 5.69 Å². The van der Waals surface area contributed by atoms with Gasteiger partial charge in [0.2, 0.25) is 5.91 Å². The maximum atomic E-state index is 12.7. The van der Waals surface area contributed by atoms with Crippen molar-refractivity contribution in [3.05, 3.63) is 77.9 Å². The molecule has 0 fully saturated rings. The summed E-state index contributed by atoms with van der Waals surface area (Å²) in [6, 6.07) is 17.7. The molecule has 0 saturated heterocycles. The van der Waals surface area contributed by atoms with Gasteiger partial charge in [0.15, 0.2) is 0 Å². The van der Waals surface area contributed by atoms with Gasteiger partial charge in [-0.25, -0.2) is 0 Å². The van der Waals surface area contributed by atoms with Crippen molar-refractivity contribution in [2.45, 2.75) is 6.54 Å². The molecule has 27 heavy (non-hydrogen) atoms. The van der Waals surface area contributed by atoms with Crippen molar-refractivity contribution in [2.24, 2.45) is 5.73 Å². The highest BCUT2D eigenvalue weighted by Gasteiger charge is 2.30. The summed E-state index contributed by atoms with van der Waals surface area (Å²) >= 11 is 0. The summed E-state index contributed by atoms with van der Waals surface area (Å²) in [4.78, 5) is 25.6. The summed E-state index contributed by atoms with van der Waals surface area (Å²) in [5, 5.41) is 2.16. The Morgan fingerprint density at radius 1 is 1.04 bits per heavy atom. The number of benzene rings is 3. The van der Waals surface area contributed by atoms with E-state index in [-0.39, 0.29) is 18.0 Å². The molecule has 2 amide bonds. The molecule has 0 saturated carbocycles. The summed E-state index contributed by atoms with van der Waals surface area (Å²) in [6.07, 6.45) is 0. The first-order chi connectivity index (χ1) is 12.9. The van der Waals surface area contributed by atoms with Crippen molar-refractivity contribution >= 4 is 28.3 Å². The Morgan fingerprint density at radius 3 is 2.52 bits per heavy atom. The maximum Gasteiger partial charge on any atom is 0.254 e. The summed E-state index contributed by atoms with van der Waals surface area (Å²) in [5.74, 6) is -0.699. The molecule has 5 heteroatoms. The average molecular weight is 357 g/mol. The Bertz CT molecular complexity index is 1120. The van der Waals surface area contributed by atoms with Crippen molar-refractivity contribution in [1.29, 1.82) is 0 Å². The molecule has 1 aliphatic rings. The number of carbonyl (C=O) groups excluding carboxylic acids is 2. The average Bonchev–Trinajstić information content (AvgIpc) is 2.97. The van der Waals surface area contributed by atoms with Gasteiger partial charge in [-0.1, -0.05) is 36.9 Å². The van der Waals surface area contributed by atoms with E-state index in [1.54, 1.807) is 4.90 Å². The molecule has 1 aliphatic heterocycles. The fourth-order valence-corrected chi connectivity index (χ4v) is 3.53. The second kappa shape index (κ2) is 6.29. The highest BCUT2D eigenvalue weighted by Crippen LogP contribution is 2.34. The number of nitrogen functional groups attached to an aromatic ring is 1. The number of hydrogen-bond donors (Lipinski definition) is 2. The Morgan fingerprint density at radius 2 is 1.74 bits per heavy atom. The van der Waals surface area contributed by atoms with Crippen LogP contribution in [0.25, 0.3) is 21.9 Å². The van der Waals surface area contributed by atoms with E-state index in [0.29, 0.717) is 12.1 Å². The summed E-state index contributed by atoms with van der Waals surface area (Å²) < 4.78 is 0. The fraction of sp³-hybridized carbons (Fsp3) is 0.0909. The summed E-state index contributed by atoms with van der Waals surface area (Å²) in [5.41, 5.74) is 15.7. The Labute approximate surface area is 156 Å². The third-order valence-corrected chi connectivity index (χ3v) is 4.95. The number of carbonyl (C=O) groups is 2. The molecule has 0 radical (unpaired) electrons. The van der Waals surface area contributed by atoms with Crippen LogP contribution in [0.15, 0.2) is 66.7 Å². The van der Waals surface area contributed by atoms with Crippen LogP contribution in [0, 0.1) is 0 Å². The Hall–Kier alpha value is -3.60. The molecule has 1 heterocycles. The molecule has 4 rings (SSSR count). The van der Waals surface area contributed by atoms with Gasteiger partial charge in [-0.3, -0.25) is 9.59 Å². The highest BCUT2D eigenvalue weighted by molar-refractivity contribution is 6.02. The van der Waals surface area contributed by atoms with E-state index in [0.717, 1.165) is 33.2 Å². The van der Waals surface area contributed by atoms with Crippen molar-refractivity contribution < 1.29 is 9.59 Å². The third kappa shape index (κ3) is 2.93. The van der Waals surface area contributed by atoms with Crippen LogP contribution in [0.5, 0.6) is 0 Å². The number of hydrogen-bond acceptors (Lipinski definition) is 3. The van der Waals surface area contributed by atoms with Gasteiger partial charge in [0.1, 0.15) is 0 Å². The van der Waals surface area contributed by atoms with Crippen LogP contribution in [-0.4, -0.2) is 23.3 Å². The molecule has 3 aromatic carbocycles. The van der Waals surface area contributed by atoms with Crippen molar-refractivity contribution in [3.63, 3.8) is 0 Å². The smallest absolute Gasteiger partial charge is 0.254 e. The number of nitrogens with zero attached hydrogens (tertiary/aromatic N) is 1. The van der Waals surface area contributed by atoms with E-state index in [1.165, 1.54) is 0 Å². The number of anilines is 1. The summed E-state index contributed by atoms with van der Waals surface area (Å²) in [7, 11) is 0. The molecular formula is C22H19N3O2. The molecule has 0 atom stereocenters. The number of rotatable bonds is 4. The predicted molar refractivity (Wildman–Crippen MR) is 107 cm³/mol. The normalized spacial score (nSPS) is 13.0. The monoisotopic (exact) mass is 357 g/mol. The zero-order chi connectivity index (χ0) is 19.1. The first kappa shape index (κ1) is 16.8. The number of amides is 2. The quantitative estimate of drug-likeness (QED) is 0.555. The molecular weight excluding hydrogens is 338 g/mol. The van der Waals surface area contributed by atoms with Gasteiger partial charge in [-0.2, -0.15) is 0 Å². The van der Waals surface area contributed by atoms with E-state index in [1.807, 2.05) is 48.5 Å². The number of fused-ring (bicyclic) bond motifs is 2. The minimum atomic E-state index is -0.590. The molecule has 3 aromatic rings. The van der Waals surface area contributed by atoms with Gasteiger partial charge in [0.25, 0.3) is 5.91 Å². The molecule has 0 unspecified atom stereocenters. The van der Waals surface area contributed by atoms with Crippen molar-refractivity contribution in [3.8, 4) is 11.1 Å². The summed E-state index contributed by atoms with van der Waals surface area (Å²) in [6.45, 7) is 4.22. The van der Waals surface area contributed by atoms with E-state index in [2.05, 4.69) is 12.6 Å². The SMILES string of the molecule is C=C(CN1Cc2c(cccc2-c2ccc3cc(N)ccc3c2)C1=O)C(N)=O. The van der Waals surface area contributed by atoms with Gasteiger partial charge in [-0.05, 0) is 51.7 Å². The second-order valence-electron chi connectivity index (χ2n) is 6.78. The van der Waals surface area contributed by atoms with E-state index in [4.69, 9.17) is 11.5 Å². The Balaban J connectivity index is 1.74. The predicted octanol–water partition coefficient (Wildman–Crippen LogP) is 3.09. The first-order valence-corrected chi connectivity index (χ1v) is 8.62. The van der Waals surface area contributed by atoms with Crippen LogP contribution < -0.4 is 11.5 Å². The van der Waals surface area contributed by atoms with E-state index >= 15 is 0 Å². The van der Waals surface area contributed by atoms with Gasteiger partial charge in [0, 0.05) is 23.4 Å². The zero-order valence-corrected chi connectivity index (χ0v) is 14.7. The van der Waals surface area contributed by atoms with Crippen molar-refractivity contribution in [2.75, 3.05) is 12.3 Å². The number of nitrogens with two attached hydrogens (primary N) is 2. The lowest BCUT2D eigenvalue weighted by molar-refractivity contribution is -0.114. The van der Waals surface area contributed by atoms with Crippen molar-refractivity contribution in [1.82, 2.24) is 4.90 Å². The molecule has 0 aliphatic carbocycles. The molecule has 134 valence electrons. The van der Waals surface area contributed by atoms with Gasteiger partial charge in [-0.15, -0.1) is 0 Å². The highest BCUT2D eigenvalue weighted by atomic mass is 16.2. The Kier molecular flexibility index (Phi) is 3.92. The van der Waals surface area contributed by atoms with Crippen LogP contribution in [0.1, 0.15) is 15.9 Å². The van der Waals surface area contributed by atoms with Gasteiger partial charge in [0.05, 0.1) is 6.54 Å². The van der Waals surface area contributed by atoms with E-state index < -0.39 is 5.91 Å². The largest absolute Gasteiger partial charge is 0.399 e. The van der Waals surface area contributed by atoms with E-state index in [9.17, 15) is 9.59 Å². The third-order valence-electron chi connectivity index (χ3n) is 4.95. The van der Waals surface area contributed by atoms with Gasteiger partial charge < -0.3 is 16.4 Å². The van der Waals surface area contributed by atoms with Crippen LogP contribution >= 0.6 is 0 Å². The lowest BCUT2D eigenvalue weighted by Gasteiger charge is -2.16. The molecule has 0 bridgehead atoms. The molecule has 0 aromatic heterocycles. The molecule has 4 N–H and O–H groups in total. The standard InChI is InChI=1S/C22H19N3O2/c1-13(21(24)26)11-25-12-20-18(3-2-4-19(20)22(25)27)16-6-5-15-10-17(23)8-7-14(15)9-16/h2-10H,1,11-12,23H2,(H2,24,26). The minimum absolute atomic E-state index is 0.109. The molecule has 5 nitrogen and oxygen atoms in total. The lowest BCUT2D eigenvalue weighted by Crippen LogP contribution is -2.30. The second-order valence-corrected chi connectivity index (χ2v) is 6.78. The minimum Gasteiger partial charge on any atom is -0.399 e. The zero-order valence-electron chi connectivity index (χ0n) is 14.7. The topological polar surface area (TPSA) is 89.4 Å².